The molecular weight excluding hydrogens is 340 g/mol. The number of hydrogen-bond donors (Lipinski definition) is 1. The molecule has 3 rings (SSSR count). The Balaban J connectivity index is 0.00000225. The Hall–Kier alpha value is -2.27. The second kappa shape index (κ2) is 8.72. The highest BCUT2D eigenvalue weighted by Crippen LogP contribution is 2.34. The van der Waals surface area contributed by atoms with E-state index in [0.29, 0.717) is 23.1 Å². The lowest BCUT2D eigenvalue weighted by Crippen LogP contribution is -3.00. The van der Waals surface area contributed by atoms with Gasteiger partial charge in [0.05, 0.1) is 0 Å². The zero-order chi connectivity index (χ0) is 16.9. The minimum atomic E-state index is -0.0749. The number of carbonyl (C=O) groups is 1. The molecule has 5 nitrogen and oxygen atoms in total. The number of halogens is 1. The molecule has 0 unspecified atom stereocenters. The molecule has 1 aliphatic rings. The highest BCUT2D eigenvalue weighted by molar-refractivity contribution is 5.90. The smallest absolute Gasteiger partial charge is 0.290 e. The molecule has 6 heteroatoms. The standard InChI is InChI=1S/C19H22N2O3.ClH/c1-3-14(4-2)15-7-9-21(10-8-15)12-19(22)20-16-5-6-17-18(11-16)24-13-23-17;/h5-11,14H,3-4,12-13H2,1-2H3;1H. The van der Waals surface area contributed by atoms with Gasteiger partial charge in [-0.2, -0.15) is 4.57 Å². The van der Waals surface area contributed by atoms with Gasteiger partial charge < -0.3 is 27.2 Å². The van der Waals surface area contributed by atoms with E-state index in [1.807, 2.05) is 23.0 Å². The van der Waals surface area contributed by atoms with Crippen LogP contribution in [-0.2, 0) is 11.3 Å². The van der Waals surface area contributed by atoms with E-state index in [4.69, 9.17) is 9.47 Å². The topological polar surface area (TPSA) is 51.4 Å². The van der Waals surface area contributed by atoms with Crippen molar-refractivity contribution in [2.24, 2.45) is 0 Å². The molecule has 0 atom stereocenters. The second-order valence-corrected chi connectivity index (χ2v) is 5.93. The van der Waals surface area contributed by atoms with E-state index in [2.05, 4.69) is 31.3 Å². The Morgan fingerprint density at radius 3 is 2.48 bits per heavy atom. The summed E-state index contributed by atoms with van der Waals surface area (Å²) in [6.45, 7) is 4.91. The predicted octanol–water partition coefficient (Wildman–Crippen LogP) is 0.249. The van der Waals surface area contributed by atoms with Gasteiger partial charge in [0.1, 0.15) is 0 Å². The quantitative estimate of drug-likeness (QED) is 0.749. The van der Waals surface area contributed by atoms with Crippen molar-refractivity contribution >= 4 is 11.6 Å². The van der Waals surface area contributed by atoms with Crippen molar-refractivity contribution in [1.82, 2.24) is 0 Å². The lowest BCUT2D eigenvalue weighted by atomic mass is 9.95. The molecule has 1 aromatic heterocycles. The van der Waals surface area contributed by atoms with Crippen LogP contribution in [-0.4, -0.2) is 12.7 Å². The molecule has 25 heavy (non-hydrogen) atoms. The van der Waals surface area contributed by atoms with Crippen LogP contribution < -0.4 is 31.8 Å². The number of ether oxygens (including phenoxy) is 2. The number of nitrogens with one attached hydrogen (secondary N) is 1. The van der Waals surface area contributed by atoms with Crippen LogP contribution in [0.5, 0.6) is 11.5 Å². The molecule has 134 valence electrons. The second-order valence-electron chi connectivity index (χ2n) is 5.93. The molecule has 2 aromatic rings. The summed E-state index contributed by atoms with van der Waals surface area (Å²) in [7, 11) is 0. The maximum Gasteiger partial charge on any atom is 0.290 e. The molecule has 0 fully saturated rings. The van der Waals surface area contributed by atoms with Gasteiger partial charge >= 0.3 is 0 Å². The van der Waals surface area contributed by atoms with Gasteiger partial charge in [0.25, 0.3) is 5.91 Å². The molecule has 0 spiro atoms. The lowest BCUT2D eigenvalue weighted by Gasteiger charge is -2.11. The van der Waals surface area contributed by atoms with Crippen LogP contribution in [0.1, 0.15) is 38.2 Å². The van der Waals surface area contributed by atoms with Crippen molar-refractivity contribution in [2.45, 2.75) is 39.2 Å². The largest absolute Gasteiger partial charge is 1.00 e. The maximum absolute atomic E-state index is 12.2. The van der Waals surface area contributed by atoms with Crippen LogP contribution in [0.4, 0.5) is 5.69 Å². The van der Waals surface area contributed by atoms with E-state index in [-0.39, 0.29) is 31.7 Å². The first kappa shape index (κ1) is 19.1. The third kappa shape index (κ3) is 4.63. The molecule has 1 N–H and O–H groups in total. The van der Waals surface area contributed by atoms with Gasteiger partial charge in [-0.25, -0.2) is 0 Å². The van der Waals surface area contributed by atoms with Gasteiger partial charge in [0, 0.05) is 23.9 Å². The Labute approximate surface area is 154 Å². The zero-order valence-corrected chi connectivity index (χ0v) is 15.3. The normalized spacial score (nSPS) is 12.0. The number of fused-ring (bicyclic) bond motifs is 1. The summed E-state index contributed by atoms with van der Waals surface area (Å²) in [6.07, 6.45) is 6.19. The summed E-state index contributed by atoms with van der Waals surface area (Å²) in [6, 6.07) is 9.60. The Bertz CT molecular complexity index is 715. The summed E-state index contributed by atoms with van der Waals surface area (Å²) >= 11 is 0. The van der Waals surface area contributed by atoms with E-state index in [1.165, 1.54) is 5.56 Å². The van der Waals surface area contributed by atoms with Crippen molar-refractivity contribution in [3.05, 3.63) is 48.3 Å². The Morgan fingerprint density at radius 1 is 1.12 bits per heavy atom. The fraction of sp³-hybridized carbons (Fsp3) is 0.368. The number of hydrogen-bond acceptors (Lipinski definition) is 3. The van der Waals surface area contributed by atoms with Crippen LogP contribution in [0.3, 0.4) is 0 Å². The third-order valence-corrected chi connectivity index (χ3v) is 4.36. The van der Waals surface area contributed by atoms with E-state index >= 15 is 0 Å². The summed E-state index contributed by atoms with van der Waals surface area (Å²) in [5.41, 5.74) is 2.03. The van der Waals surface area contributed by atoms with Gasteiger partial charge in [-0.15, -0.1) is 0 Å². The highest BCUT2D eigenvalue weighted by Gasteiger charge is 2.16. The fourth-order valence-electron chi connectivity index (χ4n) is 2.95. The molecule has 0 saturated heterocycles. The van der Waals surface area contributed by atoms with Gasteiger partial charge in [0.15, 0.2) is 23.9 Å². The van der Waals surface area contributed by atoms with E-state index in [1.54, 1.807) is 12.1 Å². The maximum atomic E-state index is 12.2. The summed E-state index contributed by atoms with van der Waals surface area (Å²) in [5, 5.41) is 2.88. The Morgan fingerprint density at radius 2 is 1.80 bits per heavy atom. The molecule has 0 radical (unpaired) electrons. The van der Waals surface area contributed by atoms with Gasteiger partial charge in [-0.1, -0.05) is 13.8 Å². The van der Waals surface area contributed by atoms with Crippen LogP contribution in [0, 0.1) is 0 Å². The number of anilines is 1. The van der Waals surface area contributed by atoms with Crippen molar-refractivity contribution in [3.63, 3.8) is 0 Å². The molecule has 0 saturated carbocycles. The number of nitrogens with zero attached hydrogens (tertiary/aromatic N) is 1. The first-order chi connectivity index (χ1) is 11.7. The summed E-state index contributed by atoms with van der Waals surface area (Å²) in [4.78, 5) is 12.2. The lowest BCUT2D eigenvalue weighted by molar-refractivity contribution is -0.684. The first-order valence-corrected chi connectivity index (χ1v) is 8.38. The van der Waals surface area contributed by atoms with E-state index < -0.39 is 0 Å². The third-order valence-electron chi connectivity index (χ3n) is 4.36. The van der Waals surface area contributed by atoms with Crippen molar-refractivity contribution in [1.29, 1.82) is 0 Å². The SMILES string of the molecule is CCC(CC)c1cc[n+](CC(=O)Nc2ccc3c(c2)OCO3)cc1.[Cl-]. The average Bonchev–Trinajstić information content (AvgIpc) is 3.05. The number of carbonyl (C=O) groups excluding carboxylic acids is 1. The number of rotatable bonds is 6. The number of aromatic nitrogens is 1. The highest BCUT2D eigenvalue weighted by atomic mass is 35.5. The van der Waals surface area contributed by atoms with Crippen molar-refractivity contribution in [3.8, 4) is 11.5 Å². The zero-order valence-electron chi connectivity index (χ0n) is 14.5. The van der Waals surface area contributed by atoms with E-state index in [0.717, 1.165) is 12.8 Å². The Kier molecular flexibility index (Phi) is 6.65. The van der Waals surface area contributed by atoms with Crippen molar-refractivity contribution in [2.75, 3.05) is 12.1 Å². The molecule has 0 bridgehead atoms. The van der Waals surface area contributed by atoms with Crippen LogP contribution >= 0.6 is 0 Å². The van der Waals surface area contributed by atoms with Crippen molar-refractivity contribution < 1.29 is 31.2 Å². The van der Waals surface area contributed by atoms with E-state index in [9.17, 15) is 4.79 Å². The molecule has 0 aliphatic carbocycles. The molecule has 1 aromatic carbocycles. The molecule has 2 heterocycles. The summed E-state index contributed by atoms with van der Waals surface area (Å²) < 4.78 is 12.5. The minimum Gasteiger partial charge on any atom is -1.00 e. The summed E-state index contributed by atoms with van der Waals surface area (Å²) in [5.74, 6) is 1.88. The number of benzene rings is 1. The van der Waals surface area contributed by atoms with Gasteiger partial charge in [-0.05, 0) is 36.5 Å². The molecule has 1 amide bonds. The molecule has 1 aliphatic heterocycles. The average molecular weight is 363 g/mol. The molecular formula is C19H23ClN2O3. The number of pyridine rings is 1. The minimum absolute atomic E-state index is 0. The van der Waals surface area contributed by atoms with Gasteiger partial charge in [0.2, 0.25) is 13.3 Å². The van der Waals surface area contributed by atoms with Crippen LogP contribution in [0.15, 0.2) is 42.7 Å². The number of amides is 1. The predicted molar refractivity (Wildman–Crippen MR) is 91.2 cm³/mol. The monoisotopic (exact) mass is 362 g/mol. The fourth-order valence-corrected chi connectivity index (χ4v) is 2.95. The van der Waals surface area contributed by atoms with Crippen LogP contribution in [0.25, 0.3) is 0 Å². The first-order valence-electron chi connectivity index (χ1n) is 8.38. The van der Waals surface area contributed by atoms with Crippen LogP contribution in [0.2, 0.25) is 0 Å². The van der Waals surface area contributed by atoms with Gasteiger partial charge in [-0.3, -0.25) is 4.79 Å².